The number of hydrogen-bond donors (Lipinski definition) is 0. The zero-order valence-electron chi connectivity index (χ0n) is 25.4. The van der Waals surface area contributed by atoms with Gasteiger partial charge in [-0.15, -0.1) is 22.7 Å². The molecule has 0 radical (unpaired) electrons. The first kappa shape index (κ1) is 26.7. The van der Waals surface area contributed by atoms with Gasteiger partial charge in [-0.3, -0.25) is 0 Å². The summed E-state index contributed by atoms with van der Waals surface area (Å²) in [5.41, 5.74) is 11.3. The first-order valence-corrected chi connectivity index (χ1v) is 17.6. The van der Waals surface area contributed by atoms with E-state index in [0.29, 0.717) is 0 Å². The van der Waals surface area contributed by atoms with Crippen LogP contribution >= 0.6 is 22.7 Å². The minimum absolute atomic E-state index is 1.19. The fraction of sp³-hybridized carbons (Fsp3) is 0. The maximum absolute atomic E-state index is 2.43. The summed E-state index contributed by atoms with van der Waals surface area (Å²) < 4.78 is 7.75. The van der Waals surface area contributed by atoms with E-state index in [0.717, 1.165) is 0 Å². The molecule has 7 aromatic carbocycles. The average molecular weight is 634 g/mol. The minimum Gasteiger partial charge on any atom is -0.308 e. The highest BCUT2D eigenvalue weighted by Gasteiger charge is 2.19. The number of thiophene rings is 2. The van der Waals surface area contributed by atoms with Gasteiger partial charge in [-0.2, -0.15) is 0 Å². The van der Waals surface area contributed by atoms with Crippen molar-refractivity contribution < 1.29 is 0 Å². The minimum atomic E-state index is 1.19. The van der Waals surface area contributed by atoms with Crippen LogP contribution in [0.5, 0.6) is 0 Å². The topological polar surface area (TPSA) is 4.93 Å². The van der Waals surface area contributed by atoms with Gasteiger partial charge < -0.3 is 4.57 Å². The van der Waals surface area contributed by atoms with Crippen molar-refractivity contribution in [3.63, 3.8) is 0 Å². The van der Waals surface area contributed by atoms with Crippen LogP contribution < -0.4 is 0 Å². The lowest BCUT2D eigenvalue weighted by Crippen LogP contribution is -1.92. The molecule has 0 aliphatic carbocycles. The maximum Gasteiger partial charge on any atom is 0.0727 e. The number of fused-ring (bicyclic) bond motifs is 8. The summed E-state index contributed by atoms with van der Waals surface area (Å²) in [5, 5.41) is 5.25. The molecule has 0 aliphatic rings. The SMILES string of the molecule is c1ccc(-c2ccc3sc4c(-c5ccccc5-c5ccc6c(c5)sc5c7ccccc7n(-c7ccccc7)c65)cccc4c3c2)cc1. The highest BCUT2D eigenvalue weighted by Crippen LogP contribution is 2.46. The summed E-state index contributed by atoms with van der Waals surface area (Å²) in [5.74, 6) is 0. The van der Waals surface area contributed by atoms with Gasteiger partial charge in [0, 0.05) is 46.9 Å². The summed E-state index contributed by atoms with van der Waals surface area (Å²) in [6, 6.07) is 59.9. The third kappa shape index (κ3) is 4.14. The van der Waals surface area contributed by atoms with Gasteiger partial charge in [-0.25, -0.2) is 0 Å². The number of benzene rings is 7. The molecular weight excluding hydrogens is 607 g/mol. The molecule has 47 heavy (non-hydrogen) atoms. The van der Waals surface area contributed by atoms with Crippen LogP contribution in [0.3, 0.4) is 0 Å². The summed E-state index contributed by atoms with van der Waals surface area (Å²) in [4.78, 5) is 0. The molecule has 1 nitrogen and oxygen atoms in total. The first-order valence-electron chi connectivity index (χ1n) is 15.9. The normalized spacial score (nSPS) is 11.8. The molecule has 10 rings (SSSR count). The van der Waals surface area contributed by atoms with Gasteiger partial charge >= 0.3 is 0 Å². The number of rotatable bonds is 4. The Morgan fingerprint density at radius 3 is 1.91 bits per heavy atom. The summed E-state index contributed by atoms with van der Waals surface area (Å²) in [6.07, 6.45) is 0. The third-order valence-corrected chi connectivity index (χ3v) is 11.8. The van der Waals surface area contributed by atoms with Crippen molar-refractivity contribution in [2.75, 3.05) is 0 Å². The molecule has 0 saturated carbocycles. The molecule has 3 aromatic heterocycles. The number of para-hydroxylation sites is 2. The lowest BCUT2D eigenvalue weighted by atomic mass is 9.93. The van der Waals surface area contributed by atoms with Crippen LogP contribution in [0, 0.1) is 0 Å². The zero-order chi connectivity index (χ0) is 30.9. The standard InChI is InChI=1S/C44H27NS2/c1-3-12-28(13-4-1)29-23-25-40-38(26-29)35-20-11-19-34(43(35)46-40)33-17-8-7-16-32(33)30-22-24-37-41(27-30)47-44-36-18-9-10-21-39(36)45(42(37)44)31-14-5-2-6-15-31/h1-27H. The van der Waals surface area contributed by atoms with Gasteiger partial charge in [0.1, 0.15) is 0 Å². The monoisotopic (exact) mass is 633 g/mol. The molecule has 0 saturated heterocycles. The van der Waals surface area contributed by atoms with E-state index in [2.05, 4.69) is 168 Å². The molecule has 0 atom stereocenters. The second-order valence-corrected chi connectivity index (χ2v) is 14.2. The zero-order valence-corrected chi connectivity index (χ0v) is 27.0. The smallest absolute Gasteiger partial charge is 0.0727 e. The largest absolute Gasteiger partial charge is 0.308 e. The van der Waals surface area contributed by atoms with Crippen LogP contribution in [0.15, 0.2) is 164 Å². The van der Waals surface area contributed by atoms with Crippen LogP contribution in [-0.4, -0.2) is 4.57 Å². The average Bonchev–Trinajstić information content (AvgIpc) is 3.80. The van der Waals surface area contributed by atoms with Crippen molar-refractivity contribution in [1.29, 1.82) is 0 Å². The van der Waals surface area contributed by atoms with Crippen LogP contribution in [0.25, 0.3) is 90.4 Å². The lowest BCUT2D eigenvalue weighted by Gasteiger charge is -2.12. The molecule has 3 heteroatoms. The Morgan fingerprint density at radius 1 is 0.362 bits per heavy atom. The number of aromatic nitrogens is 1. The van der Waals surface area contributed by atoms with E-state index in [1.54, 1.807) is 0 Å². The van der Waals surface area contributed by atoms with E-state index in [4.69, 9.17) is 0 Å². The molecule has 0 bridgehead atoms. The van der Waals surface area contributed by atoms with E-state index >= 15 is 0 Å². The summed E-state index contributed by atoms with van der Waals surface area (Å²) in [6.45, 7) is 0. The predicted octanol–water partition coefficient (Wildman–Crippen LogP) is 13.4. The van der Waals surface area contributed by atoms with Gasteiger partial charge in [0.15, 0.2) is 0 Å². The number of hydrogen-bond acceptors (Lipinski definition) is 2. The number of nitrogens with zero attached hydrogens (tertiary/aromatic N) is 1. The fourth-order valence-electron chi connectivity index (χ4n) is 7.27. The van der Waals surface area contributed by atoms with Crippen molar-refractivity contribution in [2.45, 2.75) is 0 Å². The van der Waals surface area contributed by atoms with Crippen LogP contribution in [0.2, 0.25) is 0 Å². The van der Waals surface area contributed by atoms with Crippen LogP contribution in [-0.2, 0) is 0 Å². The Bertz CT molecular complexity index is 2780. The third-order valence-electron chi connectivity index (χ3n) is 9.42. The van der Waals surface area contributed by atoms with Crippen molar-refractivity contribution in [2.24, 2.45) is 0 Å². The van der Waals surface area contributed by atoms with Crippen molar-refractivity contribution in [1.82, 2.24) is 4.57 Å². The Balaban J connectivity index is 1.15. The van der Waals surface area contributed by atoms with Crippen LogP contribution in [0.1, 0.15) is 0 Å². The highest BCUT2D eigenvalue weighted by atomic mass is 32.1. The maximum atomic E-state index is 2.43. The van der Waals surface area contributed by atoms with Crippen LogP contribution in [0.4, 0.5) is 0 Å². The second kappa shape index (κ2) is 10.5. The lowest BCUT2D eigenvalue weighted by molar-refractivity contribution is 1.19. The first-order chi connectivity index (χ1) is 23.3. The molecular formula is C44H27NS2. The Kier molecular flexibility index (Phi) is 5.98. The van der Waals surface area contributed by atoms with E-state index in [1.165, 1.54) is 90.4 Å². The van der Waals surface area contributed by atoms with Crippen molar-refractivity contribution in [3.05, 3.63) is 164 Å². The van der Waals surface area contributed by atoms with Crippen molar-refractivity contribution in [3.8, 4) is 39.1 Å². The molecule has 0 N–H and O–H groups in total. The predicted molar refractivity (Wildman–Crippen MR) is 205 cm³/mol. The van der Waals surface area contributed by atoms with Gasteiger partial charge in [-0.05, 0) is 64.2 Å². The molecule has 10 aromatic rings. The Labute approximate surface area is 280 Å². The van der Waals surface area contributed by atoms with Gasteiger partial charge in [0.05, 0.1) is 15.7 Å². The fourth-order valence-corrected chi connectivity index (χ4v) is 9.74. The second-order valence-electron chi connectivity index (χ2n) is 12.1. The molecule has 0 fully saturated rings. The highest BCUT2D eigenvalue weighted by molar-refractivity contribution is 7.27. The molecule has 0 spiro atoms. The van der Waals surface area contributed by atoms with E-state index in [-0.39, 0.29) is 0 Å². The molecule has 3 heterocycles. The van der Waals surface area contributed by atoms with Crippen molar-refractivity contribution >= 4 is 74.1 Å². The van der Waals surface area contributed by atoms with Gasteiger partial charge in [0.25, 0.3) is 0 Å². The Morgan fingerprint density at radius 2 is 1.04 bits per heavy atom. The molecule has 220 valence electrons. The molecule has 0 amide bonds. The molecule has 0 aliphatic heterocycles. The summed E-state index contributed by atoms with van der Waals surface area (Å²) in [7, 11) is 0. The van der Waals surface area contributed by atoms with E-state index in [1.807, 2.05) is 22.7 Å². The Hall–Kier alpha value is -5.48. The summed E-state index contributed by atoms with van der Waals surface area (Å²) >= 11 is 3.80. The quantitative estimate of drug-likeness (QED) is 0.182. The van der Waals surface area contributed by atoms with E-state index in [9.17, 15) is 0 Å². The van der Waals surface area contributed by atoms with Gasteiger partial charge in [-0.1, -0.05) is 127 Å². The molecule has 0 unspecified atom stereocenters. The van der Waals surface area contributed by atoms with Gasteiger partial charge in [0.2, 0.25) is 0 Å². The van der Waals surface area contributed by atoms with E-state index < -0.39 is 0 Å².